The van der Waals surface area contributed by atoms with Crippen molar-refractivity contribution in [3.05, 3.63) is 58.9 Å². The first-order chi connectivity index (χ1) is 14.2. The normalized spacial score (nSPS) is 10.8. The molecule has 0 amide bonds. The van der Waals surface area contributed by atoms with Crippen LogP contribution in [0.5, 0.6) is 0 Å². The Hall–Kier alpha value is -3.30. The zero-order chi connectivity index (χ0) is 20.6. The molecule has 0 atom stereocenters. The second kappa shape index (κ2) is 9.76. The van der Waals surface area contributed by atoms with Crippen molar-refractivity contribution in [3.63, 3.8) is 0 Å². The molecule has 0 aliphatic carbocycles. The van der Waals surface area contributed by atoms with Crippen molar-refractivity contribution in [2.24, 2.45) is 0 Å². The van der Waals surface area contributed by atoms with E-state index in [0.717, 1.165) is 16.5 Å². The highest BCUT2D eigenvalue weighted by molar-refractivity contribution is 5.96. The molecule has 0 unspecified atom stereocenters. The van der Waals surface area contributed by atoms with E-state index < -0.39 is 4.92 Å². The molecule has 0 bridgehead atoms. The van der Waals surface area contributed by atoms with Crippen LogP contribution in [0.3, 0.4) is 0 Å². The van der Waals surface area contributed by atoms with Gasteiger partial charge in [0.2, 0.25) is 11.6 Å². The first kappa shape index (κ1) is 20.4. The molecule has 29 heavy (non-hydrogen) atoms. The predicted molar refractivity (Wildman–Crippen MR) is 112 cm³/mol. The number of nitro groups is 1. The first-order valence-electron chi connectivity index (χ1n) is 9.12. The van der Waals surface area contributed by atoms with Gasteiger partial charge in [0.1, 0.15) is 6.33 Å². The highest BCUT2D eigenvalue weighted by Gasteiger charge is 2.27. The summed E-state index contributed by atoms with van der Waals surface area (Å²) in [5, 5.41) is 17.0. The SMILES string of the molecule is COCCN(CCOC)c1ncnc(Nc2cccc3ccccc23)c1[N+](=O)[O-]. The van der Waals surface area contributed by atoms with Crippen LogP contribution in [-0.4, -0.2) is 55.4 Å². The highest BCUT2D eigenvalue weighted by Crippen LogP contribution is 2.35. The van der Waals surface area contributed by atoms with Gasteiger partial charge in [0.15, 0.2) is 0 Å². The molecular weight excluding hydrogens is 374 g/mol. The van der Waals surface area contributed by atoms with E-state index in [1.54, 1.807) is 19.1 Å². The summed E-state index contributed by atoms with van der Waals surface area (Å²) in [6.07, 6.45) is 1.32. The number of aromatic nitrogens is 2. The lowest BCUT2D eigenvalue weighted by atomic mass is 10.1. The lowest BCUT2D eigenvalue weighted by molar-refractivity contribution is -0.383. The van der Waals surface area contributed by atoms with E-state index in [1.165, 1.54) is 6.33 Å². The fraction of sp³-hybridized carbons (Fsp3) is 0.300. The van der Waals surface area contributed by atoms with Crippen LogP contribution in [0, 0.1) is 10.1 Å². The quantitative estimate of drug-likeness (QED) is 0.410. The summed E-state index contributed by atoms with van der Waals surface area (Å²) in [5.41, 5.74) is 0.545. The maximum atomic E-state index is 11.9. The number of methoxy groups -OCH3 is 2. The van der Waals surface area contributed by atoms with Crippen molar-refractivity contribution < 1.29 is 14.4 Å². The molecule has 1 N–H and O–H groups in total. The number of rotatable bonds is 10. The Kier molecular flexibility index (Phi) is 6.88. The van der Waals surface area contributed by atoms with Crippen LogP contribution in [0.1, 0.15) is 0 Å². The summed E-state index contributed by atoms with van der Waals surface area (Å²) in [7, 11) is 3.16. The molecule has 0 saturated carbocycles. The van der Waals surface area contributed by atoms with Crippen molar-refractivity contribution in [2.45, 2.75) is 0 Å². The zero-order valence-corrected chi connectivity index (χ0v) is 16.4. The van der Waals surface area contributed by atoms with E-state index in [4.69, 9.17) is 9.47 Å². The third-order valence-corrected chi connectivity index (χ3v) is 4.46. The topological polar surface area (TPSA) is 103 Å². The van der Waals surface area contributed by atoms with Gasteiger partial charge in [-0.3, -0.25) is 10.1 Å². The van der Waals surface area contributed by atoms with Crippen LogP contribution in [0.15, 0.2) is 48.8 Å². The minimum atomic E-state index is -0.463. The number of hydrogen-bond donors (Lipinski definition) is 1. The summed E-state index contributed by atoms with van der Waals surface area (Å²) in [4.78, 5) is 21.6. The fourth-order valence-corrected chi connectivity index (χ4v) is 3.05. The van der Waals surface area contributed by atoms with Crippen molar-refractivity contribution in [1.82, 2.24) is 9.97 Å². The van der Waals surface area contributed by atoms with Gasteiger partial charge in [-0.15, -0.1) is 0 Å². The van der Waals surface area contributed by atoms with Gasteiger partial charge in [-0.25, -0.2) is 9.97 Å². The van der Waals surface area contributed by atoms with Crippen molar-refractivity contribution in [2.75, 3.05) is 50.7 Å². The lowest BCUT2D eigenvalue weighted by Crippen LogP contribution is -2.32. The fourth-order valence-electron chi connectivity index (χ4n) is 3.05. The molecular formula is C20H23N5O4. The van der Waals surface area contributed by atoms with Crippen molar-refractivity contribution in [1.29, 1.82) is 0 Å². The van der Waals surface area contributed by atoms with E-state index in [0.29, 0.717) is 26.3 Å². The smallest absolute Gasteiger partial charge is 0.353 e. The van der Waals surface area contributed by atoms with E-state index in [2.05, 4.69) is 15.3 Å². The molecule has 0 fully saturated rings. The molecule has 0 spiro atoms. The number of fused-ring (bicyclic) bond motifs is 1. The predicted octanol–water partition coefficient (Wildman–Crippen LogP) is 3.38. The van der Waals surface area contributed by atoms with Gasteiger partial charge in [0.05, 0.1) is 18.1 Å². The summed E-state index contributed by atoms with van der Waals surface area (Å²) >= 11 is 0. The van der Waals surface area contributed by atoms with Gasteiger partial charge >= 0.3 is 5.69 Å². The van der Waals surface area contributed by atoms with Gasteiger partial charge < -0.3 is 19.7 Å². The highest BCUT2D eigenvalue weighted by atomic mass is 16.6. The van der Waals surface area contributed by atoms with Crippen LogP contribution in [0.25, 0.3) is 10.8 Å². The van der Waals surface area contributed by atoms with E-state index >= 15 is 0 Å². The molecule has 0 aliphatic heterocycles. The Morgan fingerprint density at radius 2 is 1.72 bits per heavy atom. The maximum absolute atomic E-state index is 11.9. The lowest BCUT2D eigenvalue weighted by Gasteiger charge is -2.23. The van der Waals surface area contributed by atoms with Crippen LogP contribution in [-0.2, 0) is 9.47 Å². The zero-order valence-electron chi connectivity index (χ0n) is 16.4. The van der Waals surface area contributed by atoms with Gasteiger partial charge in [-0.05, 0) is 11.5 Å². The molecule has 2 aromatic carbocycles. The molecule has 9 heteroatoms. The monoisotopic (exact) mass is 397 g/mol. The van der Waals surface area contributed by atoms with Gasteiger partial charge in [0, 0.05) is 38.4 Å². The average Bonchev–Trinajstić information content (AvgIpc) is 2.74. The number of anilines is 3. The Morgan fingerprint density at radius 1 is 1.03 bits per heavy atom. The molecule has 1 aromatic heterocycles. The molecule has 1 heterocycles. The van der Waals surface area contributed by atoms with Crippen LogP contribution >= 0.6 is 0 Å². The van der Waals surface area contributed by atoms with Gasteiger partial charge in [-0.1, -0.05) is 36.4 Å². The van der Waals surface area contributed by atoms with Gasteiger partial charge in [-0.2, -0.15) is 0 Å². The van der Waals surface area contributed by atoms with E-state index in [1.807, 2.05) is 42.5 Å². The molecule has 0 aliphatic rings. The Morgan fingerprint density at radius 3 is 2.41 bits per heavy atom. The first-order valence-corrected chi connectivity index (χ1v) is 9.12. The largest absolute Gasteiger partial charge is 0.383 e. The summed E-state index contributed by atoms with van der Waals surface area (Å²) in [6.45, 7) is 1.67. The second-order valence-corrected chi connectivity index (χ2v) is 6.28. The van der Waals surface area contributed by atoms with E-state index in [-0.39, 0.29) is 17.3 Å². The third kappa shape index (κ3) is 4.76. The van der Waals surface area contributed by atoms with Crippen LogP contribution in [0.4, 0.5) is 23.0 Å². The Labute approximate surface area is 168 Å². The number of benzene rings is 2. The Balaban J connectivity index is 2.03. The number of nitrogens with one attached hydrogen (secondary N) is 1. The minimum Gasteiger partial charge on any atom is -0.383 e. The summed E-state index contributed by atoms with van der Waals surface area (Å²) < 4.78 is 10.3. The summed E-state index contributed by atoms with van der Waals surface area (Å²) in [6, 6.07) is 13.5. The number of hydrogen-bond acceptors (Lipinski definition) is 8. The third-order valence-electron chi connectivity index (χ3n) is 4.46. The van der Waals surface area contributed by atoms with Crippen molar-refractivity contribution in [3.8, 4) is 0 Å². The van der Waals surface area contributed by atoms with Crippen molar-refractivity contribution >= 4 is 33.8 Å². The molecule has 152 valence electrons. The molecule has 3 rings (SSSR count). The number of nitrogens with zero attached hydrogens (tertiary/aromatic N) is 4. The minimum absolute atomic E-state index is 0.135. The Bertz CT molecular complexity index is 969. The molecule has 0 radical (unpaired) electrons. The average molecular weight is 397 g/mol. The standard InChI is InChI=1S/C20H23N5O4/c1-28-12-10-24(11-13-29-2)20-18(25(26)27)19(21-14-22-20)23-17-9-5-7-15-6-3-4-8-16(15)17/h3-9,14H,10-13H2,1-2H3,(H,21,22,23). The van der Waals surface area contributed by atoms with Crippen LogP contribution in [0.2, 0.25) is 0 Å². The molecule has 3 aromatic rings. The maximum Gasteiger partial charge on any atom is 0.353 e. The van der Waals surface area contributed by atoms with Gasteiger partial charge in [0.25, 0.3) is 0 Å². The number of ether oxygens (including phenoxy) is 2. The second-order valence-electron chi connectivity index (χ2n) is 6.28. The molecule has 9 nitrogen and oxygen atoms in total. The summed E-state index contributed by atoms with van der Waals surface area (Å²) in [5.74, 6) is 0.359. The van der Waals surface area contributed by atoms with Crippen LogP contribution < -0.4 is 10.2 Å². The molecule has 0 saturated heterocycles. The van der Waals surface area contributed by atoms with E-state index in [9.17, 15) is 10.1 Å².